The van der Waals surface area contributed by atoms with E-state index in [9.17, 15) is 0 Å². The summed E-state index contributed by atoms with van der Waals surface area (Å²) in [6.07, 6.45) is 9.03. The SMILES string of the molecule is CC1CCCCC1CNCc1ccncn1. The fourth-order valence-corrected chi connectivity index (χ4v) is 2.50. The molecule has 2 atom stereocenters. The van der Waals surface area contributed by atoms with Crippen LogP contribution < -0.4 is 5.32 Å². The fourth-order valence-electron chi connectivity index (χ4n) is 2.50. The second-order valence-corrected chi connectivity index (χ2v) is 4.85. The number of hydrogen-bond acceptors (Lipinski definition) is 3. The highest BCUT2D eigenvalue weighted by Crippen LogP contribution is 2.28. The minimum absolute atomic E-state index is 0.857. The molecule has 0 saturated heterocycles. The highest BCUT2D eigenvalue weighted by atomic mass is 14.9. The number of nitrogens with zero attached hydrogens (tertiary/aromatic N) is 2. The Kier molecular flexibility index (Phi) is 4.28. The molecule has 88 valence electrons. The van der Waals surface area contributed by atoms with Gasteiger partial charge in [0.2, 0.25) is 0 Å². The maximum absolute atomic E-state index is 4.21. The van der Waals surface area contributed by atoms with Crippen LogP contribution in [0.3, 0.4) is 0 Å². The quantitative estimate of drug-likeness (QED) is 0.845. The van der Waals surface area contributed by atoms with E-state index < -0.39 is 0 Å². The Labute approximate surface area is 97.7 Å². The second-order valence-electron chi connectivity index (χ2n) is 4.85. The van der Waals surface area contributed by atoms with Gasteiger partial charge in [0.15, 0.2) is 0 Å². The van der Waals surface area contributed by atoms with Crippen LogP contribution in [0.1, 0.15) is 38.3 Å². The standard InChI is InChI=1S/C13H21N3/c1-11-4-2-3-5-12(11)8-15-9-13-6-7-14-10-16-13/h6-7,10-12,15H,2-5,8-9H2,1H3. The zero-order chi connectivity index (χ0) is 11.2. The van der Waals surface area contributed by atoms with Gasteiger partial charge < -0.3 is 5.32 Å². The molecule has 1 N–H and O–H groups in total. The predicted molar refractivity (Wildman–Crippen MR) is 64.9 cm³/mol. The van der Waals surface area contributed by atoms with Crippen molar-refractivity contribution in [3.05, 3.63) is 24.3 Å². The Morgan fingerprint density at radius 3 is 3.00 bits per heavy atom. The highest BCUT2D eigenvalue weighted by Gasteiger charge is 2.20. The van der Waals surface area contributed by atoms with E-state index in [1.807, 2.05) is 6.07 Å². The third-order valence-electron chi connectivity index (χ3n) is 3.64. The molecule has 3 heteroatoms. The lowest BCUT2D eigenvalue weighted by Gasteiger charge is -2.28. The van der Waals surface area contributed by atoms with E-state index in [1.54, 1.807) is 12.5 Å². The Morgan fingerprint density at radius 2 is 2.25 bits per heavy atom. The molecular formula is C13H21N3. The first-order valence-corrected chi connectivity index (χ1v) is 6.32. The summed E-state index contributed by atoms with van der Waals surface area (Å²) in [5, 5.41) is 3.51. The van der Waals surface area contributed by atoms with Gasteiger partial charge in [0.25, 0.3) is 0 Å². The van der Waals surface area contributed by atoms with Crippen molar-refractivity contribution in [2.45, 2.75) is 39.2 Å². The van der Waals surface area contributed by atoms with Crippen LogP contribution >= 0.6 is 0 Å². The van der Waals surface area contributed by atoms with Gasteiger partial charge in [-0.15, -0.1) is 0 Å². The molecule has 2 rings (SSSR count). The molecule has 1 aromatic rings. The van der Waals surface area contributed by atoms with Gasteiger partial charge in [-0.25, -0.2) is 9.97 Å². The van der Waals surface area contributed by atoms with E-state index in [4.69, 9.17) is 0 Å². The molecule has 0 aromatic carbocycles. The number of rotatable bonds is 4. The van der Waals surface area contributed by atoms with E-state index >= 15 is 0 Å². The first kappa shape index (κ1) is 11.5. The van der Waals surface area contributed by atoms with Crippen molar-refractivity contribution in [1.82, 2.24) is 15.3 Å². The normalized spacial score (nSPS) is 25.6. The molecule has 2 unspecified atom stereocenters. The molecule has 1 fully saturated rings. The average Bonchev–Trinajstić information content (AvgIpc) is 2.33. The molecule has 0 spiro atoms. The van der Waals surface area contributed by atoms with Crippen molar-refractivity contribution in [1.29, 1.82) is 0 Å². The van der Waals surface area contributed by atoms with Crippen molar-refractivity contribution in [3.63, 3.8) is 0 Å². The van der Waals surface area contributed by atoms with Crippen molar-refractivity contribution in [2.75, 3.05) is 6.54 Å². The van der Waals surface area contributed by atoms with Crippen LogP contribution in [-0.4, -0.2) is 16.5 Å². The van der Waals surface area contributed by atoms with Crippen LogP contribution in [-0.2, 0) is 6.54 Å². The summed E-state index contributed by atoms with van der Waals surface area (Å²) in [7, 11) is 0. The van der Waals surface area contributed by atoms with E-state index in [0.717, 1.165) is 30.6 Å². The molecule has 1 aromatic heterocycles. The second kappa shape index (κ2) is 5.94. The van der Waals surface area contributed by atoms with E-state index in [1.165, 1.54) is 25.7 Å². The van der Waals surface area contributed by atoms with Crippen molar-refractivity contribution >= 4 is 0 Å². The van der Waals surface area contributed by atoms with Crippen LogP contribution in [0, 0.1) is 11.8 Å². The number of nitrogens with one attached hydrogen (secondary N) is 1. The predicted octanol–water partition coefficient (Wildman–Crippen LogP) is 2.39. The maximum Gasteiger partial charge on any atom is 0.115 e. The third-order valence-corrected chi connectivity index (χ3v) is 3.64. The molecule has 3 nitrogen and oxygen atoms in total. The van der Waals surface area contributed by atoms with E-state index in [2.05, 4.69) is 22.2 Å². The van der Waals surface area contributed by atoms with Gasteiger partial charge >= 0.3 is 0 Å². The van der Waals surface area contributed by atoms with Crippen LogP contribution in [0.4, 0.5) is 0 Å². The summed E-state index contributed by atoms with van der Waals surface area (Å²) in [5.74, 6) is 1.74. The Bertz CT molecular complexity index is 299. The lowest BCUT2D eigenvalue weighted by molar-refractivity contribution is 0.247. The highest BCUT2D eigenvalue weighted by molar-refractivity contribution is 4.96. The molecule has 1 aliphatic carbocycles. The summed E-state index contributed by atoms with van der Waals surface area (Å²) in [4.78, 5) is 8.12. The fraction of sp³-hybridized carbons (Fsp3) is 0.692. The summed E-state index contributed by atoms with van der Waals surface area (Å²) in [6, 6.07) is 1.97. The van der Waals surface area contributed by atoms with Crippen LogP contribution in [0.25, 0.3) is 0 Å². The molecule has 1 aliphatic rings. The Morgan fingerprint density at radius 1 is 1.38 bits per heavy atom. The number of aromatic nitrogens is 2. The molecule has 1 saturated carbocycles. The van der Waals surface area contributed by atoms with Gasteiger partial charge in [-0.05, 0) is 30.9 Å². The summed E-state index contributed by atoms with van der Waals surface area (Å²) in [6.45, 7) is 4.38. The van der Waals surface area contributed by atoms with Crippen molar-refractivity contribution in [3.8, 4) is 0 Å². The summed E-state index contributed by atoms with van der Waals surface area (Å²) >= 11 is 0. The van der Waals surface area contributed by atoms with Crippen molar-refractivity contribution < 1.29 is 0 Å². The molecule has 16 heavy (non-hydrogen) atoms. The Balaban J connectivity index is 1.71. The topological polar surface area (TPSA) is 37.8 Å². The van der Waals surface area contributed by atoms with Gasteiger partial charge in [0, 0.05) is 12.7 Å². The van der Waals surface area contributed by atoms with Gasteiger partial charge in [-0.3, -0.25) is 0 Å². The largest absolute Gasteiger partial charge is 0.311 e. The minimum atomic E-state index is 0.857. The Hall–Kier alpha value is -0.960. The lowest BCUT2D eigenvalue weighted by atomic mass is 9.80. The average molecular weight is 219 g/mol. The van der Waals surface area contributed by atoms with Crippen LogP contribution in [0.15, 0.2) is 18.6 Å². The van der Waals surface area contributed by atoms with Crippen molar-refractivity contribution in [2.24, 2.45) is 11.8 Å². The zero-order valence-electron chi connectivity index (χ0n) is 10.0. The monoisotopic (exact) mass is 219 g/mol. The van der Waals surface area contributed by atoms with Crippen LogP contribution in [0.5, 0.6) is 0 Å². The first-order chi connectivity index (χ1) is 7.86. The molecule has 1 heterocycles. The first-order valence-electron chi connectivity index (χ1n) is 6.32. The smallest absolute Gasteiger partial charge is 0.115 e. The van der Waals surface area contributed by atoms with E-state index in [-0.39, 0.29) is 0 Å². The van der Waals surface area contributed by atoms with Gasteiger partial charge in [-0.2, -0.15) is 0 Å². The van der Waals surface area contributed by atoms with Crippen LogP contribution in [0.2, 0.25) is 0 Å². The minimum Gasteiger partial charge on any atom is -0.311 e. The molecule has 0 amide bonds. The summed E-state index contributed by atoms with van der Waals surface area (Å²) < 4.78 is 0. The zero-order valence-corrected chi connectivity index (χ0v) is 10.0. The van der Waals surface area contributed by atoms with E-state index in [0.29, 0.717) is 0 Å². The molecule has 0 radical (unpaired) electrons. The molecule has 0 bridgehead atoms. The van der Waals surface area contributed by atoms with Gasteiger partial charge in [-0.1, -0.05) is 26.2 Å². The summed E-state index contributed by atoms with van der Waals surface area (Å²) in [5.41, 5.74) is 1.08. The lowest BCUT2D eigenvalue weighted by Crippen LogP contribution is -2.29. The molecular weight excluding hydrogens is 198 g/mol. The third kappa shape index (κ3) is 3.27. The van der Waals surface area contributed by atoms with Gasteiger partial charge in [0.1, 0.15) is 6.33 Å². The number of hydrogen-bond donors (Lipinski definition) is 1. The molecule has 0 aliphatic heterocycles. The van der Waals surface area contributed by atoms with Gasteiger partial charge in [0.05, 0.1) is 5.69 Å². The maximum atomic E-state index is 4.21.